The van der Waals surface area contributed by atoms with Crippen LogP contribution in [0, 0.1) is 11.8 Å². The Hall–Kier alpha value is -1.06. The van der Waals surface area contributed by atoms with Crippen molar-refractivity contribution in [3.05, 3.63) is 0 Å². The second kappa shape index (κ2) is 6.03. The van der Waals surface area contributed by atoms with E-state index >= 15 is 0 Å². The number of likely N-dealkylation sites (tertiary alicyclic amines) is 1. The minimum absolute atomic E-state index is 0.00537. The van der Waals surface area contributed by atoms with Crippen molar-refractivity contribution in [3.63, 3.8) is 0 Å². The van der Waals surface area contributed by atoms with Crippen LogP contribution < -0.4 is 0 Å². The average molecular weight is 241 g/mol. The molecule has 98 valence electrons. The van der Waals surface area contributed by atoms with E-state index in [1.54, 1.807) is 4.90 Å². The Labute approximate surface area is 103 Å². The summed E-state index contributed by atoms with van der Waals surface area (Å²) in [6.45, 7) is 6.44. The number of amides is 1. The van der Waals surface area contributed by atoms with Crippen LogP contribution in [-0.2, 0) is 9.59 Å². The number of carbonyl (C=O) groups is 2. The number of aliphatic carboxylic acids is 1. The molecule has 17 heavy (non-hydrogen) atoms. The van der Waals surface area contributed by atoms with E-state index in [0.29, 0.717) is 6.54 Å². The molecule has 4 nitrogen and oxygen atoms in total. The first-order chi connectivity index (χ1) is 7.99. The van der Waals surface area contributed by atoms with Crippen molar-refractivity contribution in [1.29, 1.82) is 0 Å². The zero-order valence-corrected chi connectivity index (χ0v) is 11.0. The number of carbonyl (C=O) groups excluding carboxylic acids is 1. The summed E-state index contributed by atoms with van der Waals surface area (Å²) in [7, 11) is 0. The summed E-state index contributed by atoms with van der Waals surface area (Å²) in [5.74, 6) is -0.869. The van der Waals surface area contributed by atoms with E-state index in [9.17, 15) is 14.7 Å². The van der Waals surface area contributed by atoms with Crippen molar-refractivity contribution >= 4 is 11.9 Å². The number of piperidine rings is 1. The maximum absolute atomic E-state index is 12.2. The predicted molar refractivity (Wildman–Crippen MR) is 65.6 cm³/mol. The lowest BCUT2D eigenvalue weighted by Crippen LogP contribution is -2.53. The molecular formula is C13H23NO3. The molecule has 1 N–H and O–H groups in total. The van der Waals surface area contributed by atoms with E-state index in [2.05, 4.69) is 0 Å². The lowest BCUT2D eigenvalue weighted by molar-refractivity contribution is -0.156. The summed E-state index contributed by atoms with van der Waals surface area (Å²) in [4.78, 5) is 25.1. The van der Waals surface area contributed by atoms with Crippen LogP contribution in [-0.4, -0.2) is 34.5 Å². The Balaban J connectivity index is 2.78. The summed E-state index contributed by atoms with van der Waals surface area (Å²) < 4.78 is 0. The summed E-state index contributed by atoms with van der Waals surface area (Å²) in [6.07, 6.45) is 3.59. The van der Waals surface area contributed by atoms with Gasteiger partial charge in [-0.05, 0) is 25.2 Å². The number of rotatable bonds is 4. The molecular weight excluding hydrogens is 218 g/mol. The van der Waals surface area contributed by atoms with Gasteiger partial charge in [0.1, 0.15) is 6.04 Å². The first-order valence-electron chi connectivity index (χ1n) is 6.52. The van der Waals surface area contributed by atoms with E-state index in [-0.39, 0.29) is 17.7 Å². The highest BCUT2D eigenvalue weighted by molar-refractivity contribution is 5.85. The first-order valence-corrected chi connectivity index (χ1v) is 6.52. The molecule has 4 heteroatoms. The second-order valence-corrected chi connectivity index (χ2v) is 5.12. The predicted octanol–water partition coefficient (Wildman–Crippen LogP) is 2.13. The SMILES string of the molecule is CCCC(C)C(=O)N1CCCC(C)C1C(=O)O. The summed E-state index contributed by atoms with van der Waals surface area (Å²) in [5, 5.41) is 9.25. The summed E-state index contributed by atoms with van der Waals surface area (Å²) in [5.41, 5.74) is 0. The average Bonchev–Trinajstić information content (AvgIpc) is 2.27. The summed E-state index contributed by atoms with van der Waals surface area (Å²) in [6, 6.07) is -0.629. The normalized spacial score (nSPS) is 26.6. The third-order valence-corrected chi connectivity index (χ3v) is 3.61. The molecule has 0 aromatic rings. The molecule has 0 aromatic heterocycles. The van der Waals surface area contributed by atoms with Gasteiger partial charge in [-0.25, -0.2) is 4.79 Å². The number of carboxylic acid groups (broad SMARTS) is 1. The van der Waals surface area contributed by atoms with E-state index in [0.717, 1.165) is 25.7 Å². The van der Waals surface area contributed by atoms with E-state index in [1.165, 1.54) is 0 Å². The van der Waals surface area contributed by atoms with Crippen LogP contribution in [0.3, 0.4) is 0 Å². The van der Waals surface area contributed by atoms with Gasteiger partial charge in [-0.1, -0.05) is 27.2 Å². The zero-order chi connectivity index (χ0) is 13.0. The molecule has 0 aliphatic carbocycles. The molecule has 3 unspecified atom stereocenters. The molecule has 1 saturated heterocycles. The van der Waals surface area contributed by atoms with Gasteiger partial charge in [0.2, 0.25) is 5.91 Å². The van der Waals surface area contributed by atoms with Gasteiger partial charge < -0.3 is 10.0 Å². The van der Waals surface area contributed by atoms with Crippen LogP contribution in [0.2, 0.25) is 0 Å². The highest BCUT2D eigenvalue weighted by Crippen LogP contribution is 2.25. The fraction of sp³-hybridized carbons (Fsp3) is 0.846. The van der Waals surface area contributed by atoms with Gasteiger partial charge in [0.25, 0.3) is 0 Å². The smallest absolute Gasteiger partial charge is 0.326 e. The Bertz CT molecular complexity index is 290. The molecule has 0 spiro atoms. The maximum Gasteiger partial charge on any atom is 0.326 e. The molecule has 0 aromatic carbocycles. The van der Waals surface area contributed by atoms with Crippen molar-refractivity contribution < 1.29 is 14.7 Å². The largest absolute Gasteiger partial charge is 0.480 e. The van der Waals surface area contributed by atoms with Crippen LogP contribution in [0.15, 0.2) is 0 Å². The van der Waals surface area contributed by atoms with Gasteiger partial charge in [-0.2, -0.15) is 0 Å². The molecule has 1 amide bonds. The van der Waals surface area contributed by atoms with Crippen molar-refractivity contribution in [2.24, 2.45) is 11.8 Å². The van der Waals surface area contributed by atoms with E-state index in [1.807, 2.05) is 20.8 Å². The maximum atomic E-state index is 12.2. The minimum Gasteiger partial charge on any atom is -0.480 e. The summed E-state index contributed by atoms with van der Waals surface area (Å²) >= 11 is 0. The lowest BCUT2D eigenvalue weighted by atomic mass is 9.89. The Morgan fingerprint density at radius 2 is 2.12 bits per heavy atom. The highest BCUT2D eigenvalue weighted by atomic mass is 16.4. The number of carboxylic acids is 1. The molecule has 0 bridgehead atoms. The second-order valence-electron chi connectivity index (χ2n) is 5.12. The van der Waals surface area contributed by atoms with Crippen LogP contribution in [0.4, 0.5) is 0 Å². The van der Waals surface area contributed by atoms with Crippen molar-refractivity contribution in [2.45, 2.75) is 52.5 Å². The van der Waals surface area contributed by atoms with Crippen LogP contribution in [0.5, 0.6) is 0 Å². The van der Waals surface area contributed by atoms with Crippen LogP contribution >= 0.6 is 0 Å². The quantitative estimate of drug-likeness (QED) is 0.820. The number of hydrogen-bond acceptors (Lipinski definition) is 2. The Kier molecular flexibility index (Phi) is 4.97. The third kappa shape index (κ3) is 3.20. The third-order valence-electron chi connectivity index (χ3n) is 3.61. The number of nitrogens with zero attached hydrogens (tertiary/aromatic N) is 1. The molecule has 3 atom stereocenters. The van der Waals surface area contributed by atoms with Crippen LogP contribution in [0.1, 0.15) is 46.5 Å². The highest BCUT2D eigenvalue weighted by Gasteiger charge is 2.38. The van der Waals surface area contributed by atoms with Crippen molar-refractivity contribution in [3.8, 4) is 0 Å². The fourth-order valence-electron chi connectivity index (χ4n) is 2.65. The topological polar surface area (TPSA) is 57.6 Å². The fourth-order valence-corrected chi connectivity index (χ4v) is 2.65. The molecule has 0 saturated carbocycles. The van der Waals surface area contributed by atoms with Crippen molar-refractivity contribution in [1.82, 2.24) is 4.90 Å². The van der Waals surface area contributed by atoms with Gasteiger partial charge >= 0.3 is 5.97 Å². The van der Waals surface area contributed by atoms with Gasteiger partial charge in [0.15, 0.2) is 0 Å². The monoisotopic (exact) mass is 241 g/mol. The van der Waals surface area contributed by atoms with E-state index < -0.39 is 12.0 Å². The molecule has 1 fully saturated rings. The molecule has 1 aliphatic rings. The van der Waals surface area contributed by atoms with Crippen LogP contribution in [0.25, 0.3) is 0 Å². The van der Waals surface area contributed by atoms with Crippen molar-refractivity contribution in [2.75, 3.05) is 6.54 Å². The first kappa shape index (κ1) is 14.0. The Morgan fingerprint density at radius 3 is 2.65 bits per heavy atom. The molecule has 1 aliphatic heterocycles. The van der Waals surface area contributed by atoms with Gasteiger partial charge in [0.05, 0.1) is 0 Å². The molecule has 1 rings (SSSR count). The lowest BCUT2D eigenvalue weighted by Gasteiger charge is -2.38. The molecule has 0 radical (unpaired) electrons. The molecule has 1 heterocycles. The zero-order valence-electron chi connectivity index (χ0n) is 11.0. The van der Waals surface area contributed by atoms with E-state index in [4.69, 9.17) is 0 Å². The minimum atomic E-state index is -0.866. The van der Waals surface area contributed by atoms with Gasteiger partial charge in [-0.3, -0.25) is 4.79 Å². The number of hydrogen-bond donors (Lipinski definition) is 1. The van der Waals surface area contributed by atoms with Gasteiger partial charge in [0, 0.05) is 12.5 Å². The van der Waals surface area contributed by atoms with Gasteiger partial charge in [-0.15, -0.1) is 0 Å². The Morgan fingerprint density at radius 1 is 1.47 bits per heavy atom. The standard InChI is InChI=1S/C13H23NO3/c1-4-6-10(3)12(15)14-8-5-7-9(2)11(14)13(16)17/h9-11H,4-8H2,1-3H3,(H,16,17).